The van der Waals surface area contributed by atoms with Gasteiger partial charge in [-0.05, 0) is 43.5 Å². The van der Waals surface area contributed by atoms with Crippen molar-refractivity contribution < 1.29 is 14.3 Å². The van der Waals surface area contributed by atoms with Gasteiger partial charge in [0, 0.05) is 39.0 Å². The third kappa shape index (κ3) is 7.21. The highest BCUT2D eigenvalue weighted by molar-refractivity contribution is 5.78. The van der Waals surface area contributed by atoms with Crippen molar-refractivity contribution in [3.8, 4) is 5.75 Å². The Kier molecular flexibility index (Phi) is 9.11. The van der Waals surface area contributed by atoms with Gasteiger partial charge < -0.3 is 20.3 Å². The Labute approximate surface area is 162 Å². The first-order valence-corrected chi connectivity index (χ1v) is 10.0. The zero-order chi connectivity index (χ0) is 19.5. The zero-order valence-electron chi connectivity index (χ0n) is 16.5. The molecular formula is C21H33N3O3. The van der Waals surface area contributed by atoms with Gasteiger partial charge in [-0.15, -0.1) is 0 Å². The number of hydrogen-bond acceptors (Lipinski definition) is 4. The number of nitrogens with zero attached hydrogens (tertiary/aromatic N) is 2. The number of unbranched alkanes of at least 4 members (excludes halogenated alkanes) is 3. The summed E-state index contributed by atoms with van der Waals surface area (Å²) in [4.78, 5) is 28.5. The molecule has 1 aliphatic heterocycles. The van der Waals surface area contributed by atoms with E-state index in [-0.39, 0.29) is 11.8 Å². The minimum absolute atomic E-state index is 0.166. The normalized spacial score (nSPS) is 14.3. The summed E-state index contributed by atoms with van der Waals surface area (Å²) in [6, 6.07) is 7.83. The quantitative estimate of drug-likeness (QED) is 0.636. The molecule has 0 unspecified atom stereocenters. The van der Waals surface area contributed by atoms with Crippen molar-refractivity contribution in [2.45, 2.75) is 44.9 Å². The number of carbonyl (C=O) groups excluding carboxylic acids is 2. The Bertz CT molecular complexity index is 581. The Morgan fingerprint density at radius 1 is 0.889 bits per heavy atom. The van der Waals surface area contributed by atoms with Crippen molar-refractivity contribution in [1.29, 1.82) is 0 Å². The predicted octanol–water partition coefficient (Wildman–Crippen LogP) is 2.21. The molecule has 1 fully saturated rings. The second-order valence-electron chi connectivity index (χ2n) is 7.06. The largest absolute Gasteiger partial charge is 0.497 e. The Morgan fingerprint density at radius 2 is 1.44 bits per heavy atom. The van der Waals surface area contributed by atoms with Crippen LogP contribution >= 0.6 is 0 Å². The first kappa shape index (κ1) is 21.2. The molecule has 27 heavy (non-hydrogen) atoms. The fourth-order valence-corrected chi connectivity index (χ4v) is 3.34. The molecule has 1 aliphatic rings. The number of benzene rings is 1. The van der Waals surface area contributed by atoms with Crippen molar-refractivity contribution >= 4 is 11.8 Å². The van der Waals surface area contributed by atoms with E-state index in [0.29, 0.717) is 39.0 Å². The zero-order valence-corrected chi connectivity index (χ0v) is 16.5. The fourth-order valence-electron chi connectivity index (χ4n) is 3.34. The average molecular weight is 376 g/mol. The number of aryl methyl sites for hydroxylation is 1. The number of amides is 2. The first-order chi connectivity index (χ1) is 13.1. The van der Waals surface area contributed by atoms with Crippen molar-refractivity contribution in [3.05, 3.63) is 29.8 Å². The maximum Gasteiger partial charge on any atom is 0.223 e. The third-order valence-electron chi connectivity index (χ3n) is 5.12. The number of carbonyl (C=O) groups is 2. The molecule has 6 nitrogen and oxygen atoms in total. The van der Waals surface area contributed by atoms with E-state index < -0.39 is 0 Å². The molecule has 150 valence electrons. The van der Waals surface area contributed by atoms with Crippen LogP contribution in [-0.2, 0) is 16.0 Å². The van der Waals surface area contributed by atoms with Gasteiger partial charge in [-0.2, -0.15) is 0 Å². The molecule has 0 spiro atoms. The Hall–Kier alpha value is -2.08. The molecule has 0 aliphatic carbocycles. The van der Waals surface area contributed by atoms with Gasteiger partial charge in [0.1, 0.15) is 5.75 Å². The molecule has 0 aromatic heterocycles. The van der Waals surface area contributed by atoms with Crippen LogP contribution in [0.1, 0.15) is 44.1 Å². The lowest BCUT2D eigenvalue weighted by molar-refractivity contribution is -0.139. The van der Waals surface area contributed by atoms with Crippen molar-refractivity contribution in [2.75, 3.05) is 39.8 Å². The lowest BCUT2D eigenvalue weighted by atomic mass is 10.1. The van der Waals surface area contributed by atoms with Crippen LogP contribution in [0.2, 0.25) is 0 Å². The third-order valence-corrected chi connectivity index (χ3v) is 5.12. The lowest BCUT2D eigenvalue weighted by Gasteiger charge is -2.35. The van der Waals surface area contributed by atoms with Crippen molar-refractivity contribution in [3.63, 3.8) is 0 Å². The lowest BCUT2D eigenvalue weighted by Crippen LogP contribution is -2.50. The van der Waals surface area contributed by atoms with Crippen LogP contribution in [0.3, 0.4) is 0 Å². The van der Waals surface area contributed by atoms with Crippen LogP contribution in [0.5, 0.6) is 5.75 Å². The molecule has 2 rings (SSSR count). The van der Waals surface area contributed by atoms with Crippen LogP contribution < -0.4 is 10.5 Å². The molecule has 2 N–H and O–H groups in total. The summed E-state index contributed by atoms with van der Waals surface area (Å²) in [6.45, 7) is 3.30. The summed E-state index contributed by atoms with van der Waals surface area (Å²) >= 11 is 0. The van der Waals surface area contributed by atoms with Crippen LogP contribution in [0.4, 0.5) is 0 Å². The topological polar surface area (TPSA) is 75.9 Å². The summed E-state index contributed by atoms with van der Waals surface area (Å²) in [6.07, 6.45) is 5.96. The van der Waals surface area contributed by atoms with Gasteiger partial charge in [0.2, 0.25) is 11.8 Å². The summed E-state index contributed by atoms with van der Waals surface area (Å²) in [5.41, 5.74) is 6.61. The maximum atomic E-state index is 12.4. The number of hydrogen-bond donors (Lipinski definition) is 1. The fraction of sp³-hybridized carbons (Fsp3) is 0.619. The Morgan fingerprint density at radius 3 is 2.00 bits per heavy atom. The minimum atomic E-state index is 0.166. The second kappa shape index (κ2) is 11.6. The van der Waals surface area contributed by atoms with E-state index in [1.165, 1.54) is 0 Å². The standard InChI is InChI=1S/C21H33N3O3/c1-27-19-10-7-18(8-11-19)9-12-21(26)24-16-14-23(15-17-24)20(25)6-4-2-3-5-13-22/h7-8,10-11H,2-6,9,12-17,22H2,1H3. The molecule has 0 atom stereocenters. The molecule has 2 amide bonds. The van der Waals surface area contributed by atoms with E-state index in [1.807, 2.05) is 34.1 Å². The Balaban J connectivity index is 1.65. The minimum Gasteiger partial charge on any atom is -0.497 e. The smallest absolute Gasteiger partial charge is 0.223 e. The van der Waals surface area contributed by atoms with Gasteiger partial charge >= 0.3 is 0 Å². The highest BCUT2D eigenvalue weighted by Gasteiger charge is 2.23. The molecule has 1 heterocycles. The van der Waals surface area contributed by atoms with E-state index in [9.17, 15) is 9.59 Å². The van der Waals surface area contributed by atoms with E-state index >= 15 is 0 Å². The molecule has 0 radical (unpaired) electrons. The summed E-state index contributed by atoms with van der Waals surface area (Å²) in [5.74, 6) is 1.21. The first-order valence-electron chi connectivity index (χ1n) is 10.0. The summed E-state index contributed by atoms with van der Waals surface area (Å²) in [5, 5.41) is 0. The highest BCUT2D eigenvalue weighted by Crippen LogP contribution is 2.14. The SMILES string of the molecule is COc1ccc(CCC(=O)N2CCN(C(=O)CCCCCCN)CC2)cc1. The molecule has 0 bridgehead atoms. The molecule has 6 heteroatoms. The highest BCUT2D eigenvalue weighted by atomic mass is 16.5. The predicted molar refractivity (Wildman–Crippen MR) is 107 cm³/mol. The van der Waals surface area contributed by atoms with E-state index in [2.05, 4.69) is 0 Å². The van der Waals surface area contributed by atoms with Crippen molar-refractivity contribution in [1.82, 2.24) is 9.80 Å². The van der Waals surface area contributed by atoms with Gasteiger partial charge in [-0.1, -0.05) is 25.0 Å². The summed E-state index contributed by atoms with van der Waals surface area (Å²) < 4.78 is 5.15. The van der Waals surface area contributed by atoms with Crippen LogP contribution in [0.15, 0.2) is 24.3 Å². The van der Waals surface area contributed by atoms with Crippen LogP contribution in [-0.4, -0.2) is 61.4 Å². The van der Waals surface area contributed by atoms with Gasteiger partial charge in [-0.3, -0.25) is 9.59 Å². The number of piperazine rings is 1. The maximum absolute atomic E-state index is 12.4. The van der Waals surface area contributed by atoms with Gasteiger partial charge in [0.05, 0.1) is 7.11 Å². The molecule has 0 saturated carbocycles. The van der Waals surface area contributed by atoms with E-state index in [0.717, 1.165) is 50.0 Å². The van der Waals surface area contributed by atoms with Crippen LogP contribution in [0.25, 0.3) is 0 Å². The number of rotatable bonds is 10. The summed E-state index contributed by atoms with van der Waals surface area (Å²) in [7, 11) is 1.64. The van der Waals surface area contributed by atoms with Crippen molar-refractivity contribution in [2.24, 2.45) is 5.73 Å². The molecule has 1 aromatic rings. The molecule has 1 aromatic carbocycles. The van der Waals surface area contributed by atoms with E-state index in [1.54, 1.807) is 7.11 Å². The monoisotopic (exact) mass is 375 g/mol. The number of ether oxygens (including phenoxy) is 1. The van der Waals surface area contributed by atoms with E-state index in [4.69, 9.17) is 10.5 Å². The second-order valence-corrected chi connectivity index (χ2v) is 7.06. The van der Waals surface area contributed by atoms with Gasteiger partial charge in [-0.25, -0.2) is 0 Å². The van der Waals surface area contributed by atoms with Crippen LogP contribution in [0, 0.1) is 0 Å². The average Bonchev–Trinajstić information content (AvgIpc) is 2.72. The van der Waals surface area contributed by atoms with Gasteiger partial charge in [0.15, 0.2) is 0 Å². The molecule has 1 saturated heterocycles. The molecular weight excluding hydrogens is 342 g/mol. The van der Waals surface area contributed by atoms with Gasteiger partial charge in [0.25, 0.3) is 0 Å². The number of nitrogens with two attached hydrogens (primary N) is 1. The number of methoxy groups -OCH3 is 1.